The monoisotopic (exact) mass is 479 g/mol. The summed E-state index contributed by atoms with van der Waals surface area (Å²) in [6.07, 6.45) is 1.11. The Morgan fingerprint density at radius 2 is 1.88 bits per heavy atom. The molecule has 1 N–H and O–H groups in total. The smallest absolute Gasteiger partial charge is 0.203 e. The highest BCUT2D eigenvalue weighted by Gasteiger charge is 2.19. The Morgan fingerprint density at radius 3 is 2.35 bits per heavy atom. The maximum absolute atomic E-state index is 5.45. The zero-order valence-corrected chi connectivity index (χ0v) is 18.5. The van der Waals surface area contributed by atoms with E-state index in [4.69, 9.17) is 18.9 Å². The van der Waals surface area contributed by atoms with Gasteiger partial charge in [-0.3, -0.25) is 4.99 Å². The molecule has 0 spiro atoms. The minimum atomic E-state index is 0. The van der Waals surface area contributed by atoms with Crippen molar-refractivity contribution < 1.29 is 18.9 Å². The van der Waals surface area contributed by atoms with Gasteiger partial charge in [-0.2, -0.15) is 0 Å². The van der Waals surface area contributed by atoms with Gasteiger partial charge in [0, 0.05) is 39.7 Å². The third kappa shape index (κ3) is 5.80. The quantitative estimate of drug-likeness (QED) is 0.368. The Bertz CT molecular complexity index is 567. The topological polar surface area (TPSA) is 64.6 Å². The van der Waals surface area contributed by atoms with E-state index in [0.717, 1.165) is 37.7 Å². The minimum absolute atomic E-state index is 0. The Labute approximate surface area is 173 Å². The van der Waals surface area contributed by atoms with Crippen molar-refractivity contribution in [2.75, 3.05) is 55.2 Å². The van der Waals surface area contributed by atoms with Gasteiger partial charge >= 0.3 is 0 Å². The van der Waals surface area contributed by atoms with E-state index in [9.17, 15) is 0 Å². The first-order valence-electron chi connectivity index (χ1n) is 8.41. The molecule has 1 unspecified atom stereocenters. The highest BCUT2D eigenvalue weighted by Crippen LogP contribution is 2.38. The van der Waals surface area contributed by atoms with Crippen LogP contribution in [0, 0.1) is 5.92 Å². The molecule has 0 bridgehead atoms. The van der Waals surface area contributed by atoms with E-state index < -0.39 is 0 Å². The second-order valence-electron chi connectivity index (χ2n) is 6.04. The summed E-state index contributed by atoms with van der Waals surface area (Å²) in [6, 6.07) is 3.87. The summed E-state index contributed by atoms with van der Waals surface area (Å²) >= 11 is 0. The molecular formula is C18H30IN3O4. The number of nitrogens with one attached hydrogen (secondary N) is 1. The van der Waals surface area contributed by atoms with Crippen LogP contribution in [0.4, 0.5) is 0 Å². The molecule has 0 aliphatic carbocycles. The fourth-order valence-corrected chi connectivity index (χ4v) is 3.00. The predicted octanol–water partition coefficient (Wildman–Crippen LogP) is 2.37. The molecule has 2 rings (SSSR count). The minimum Gasteiger partial charge on any atom is -0.493 e. The zero-order valence-electron chi connectivity index (χ0n) is 16.2. The average Bonchev–Trinajstić information content (AvgIpc) is 3.14. The maximum Gasteiger partial charge on any atom is 0.203 e. The number of aliphatic imine (C=N–C) groups is 1. The molecule has 0 aromatic heterocycles. The van der Waals surface area contributed by atoms with Gasteiger partial charge in [0.15, 0.2) is 17.5 Å². The molecule has 1 aliphatic rings. The number of hydrogen-bond donors (Lipinski definition) is 1. The summed E-state index contributed by atoms with van der Waals surface area (Å²) in [7, 11) is 8.67. The number of nitrogens with zero attached hydrogens (tertiary/aromatic N) is 2. The third-order valence-electron chi connectivity index (χ3n) is 4.30. The lowest BCUT2D eigenvalue weighted by molar-refractivity contribution is 0.181. The highest BCUT2D eigenvalue weighted by molar-refractivity contribution is 14.0. The molecule has 1 aliphatic heterocycles. The van der Waals surface area contributed by atoms with Crippen LogP contribution in [0.3, 0.4) is 0 Å². The van der Waals surface area contributed by atoms with E-state index in [2.05, 4.69) is 15.2 Å². The Hall–Kier alpha value is -1.42. The molecule has 148 valence electrons. The van der Waals surface area contributed by atoms with Crippen molar-refractivity contribution in [3.8, 4) is 17.2 Å². The van der Waals surface area contributed by atoms with Gasteiger partial charge in [-0.1, -0.05) is 0 Å². The zero-order chi connectivity index (χ0) is 18.2. The number of rotatable bonds is 7. The summed E-state index contributed by atoms with van der Waals surface area (Å²) in [4.78, 5) is 6.50. The van der Waals surface area contributed by atoms with Crippen molar-refractivity contribution in [2.45, 2.75) is 13.0 Å². The lowest BCUT2D eigenvalue weighted by Crippen LogP contribution is -2.41. The van der Waals surface area contributed by atoms with Gasteiger partial charge in [-0.15, -0.1) is 24.0 Å². The van der Waals surface area contributed by atoms with Gasteiger partial charge in [0.1, 0.15) is 0 Å². The van der Waals surface area contributed by atoms with Crippen molar-refractivity contribution in [3.05, 3.63) is 17.7 Å². The lowest BCUT2D eigenvalue weighted by atomic mass is 10.1. The molecule has 1 atom stereocenters. The van der Waals surface area contributed by atoms with E-state index in [1.54, 1.807) is 28.4 Å². The molecule has 0 amide bonds. The van der Waals surface area contributed by atoms with Crippen molar-refractivity contribution in [3.63, 3.8) is 0 Å². The lowest BCUT2D eigenvalue weighted by Gasteiger charge is -2.24. The van der Waals surface area contributed by atoms with Crippen LogP contribution in [0.2, 0.25) is 0 Å². The van der Waals surface area contributed by atoms with Crippen molar-refractivity contribution in [1.29, 1.82) is 0 Å². The number of halogens is 1. The molecule has 8 heteroatoms. The molecule has 1 aromatic rings. The van der Waals surface area contributed by atoms with Crippen LogP contribution >= 0.6 is 24.0 Å². The predicted molar refractivity (Wildman–Crippen MR) is 113 cm³/mol. The van der Waals surface area contributed by atoms with Crippen LogP contribution in [0.15, 0.2) is 17.1 Å². The molecule has 0 saturated carbocycles. The van der Waals surface area contributed by atoms with Crippen LogP contribution < -0.4 is 19.5 Å². The van der Waals surface area contributed by atoms with E-state index in [0.29, 0.717) is 29.7 Å². The Kier molecular flexibility index (Phi) is 9.85. The first kappa shape index (κ1) is 22.6. The van der Waals surface area contributed by atoms with Crippen molar-refractivity contribution in [2.24, 2.45) is 10.9 Å². The van der Waals surface area contributed by atoms with Gasteiger partial charge in [0.05, 0.1) is 27.9 Å². The summed E-state index contributed by atoms with van der Waals surface area (Å²) in [6.45, 7) is 3.22. The van der Waals surface area contributed by atoms with Crippen molar-refractivity contribution >= 4 is 29.9 Å². The Morgan fingerprint density at radius 1 is 1.23 bits per heavy atom. The van der Waals surface area contributed by atoms with Crippen LogP contribution in [0.1, 0.15) is 12.0 Å². The highest BCUT2D eigenvalue weighted by atomic mass is 127. The van der Waals surface area contributed by atoms with Gasteiger partial charge in [0.25, 0.3) is 0 Å². The standard InChI is InChI=1S/C18H29N3O4.HI/c1-19-18(21(2)11-13-6-7-25-12-13)20-10-14-8-15(22-3)17(24-5)16(9-14)23-4;/h8-9,13H,6-7,10-12H2,1-5H3,(H,19,20);1H. The number of hydrogen-bond acceptors (Lipinski definition) is 5. The van der Waals surface area contributed by atoms with Gasteiger partial charge in [-0.25, -0.2) is 0 Å². The SMILES string of the molecule is CN=C(NCc1cc(OC)c(OC)c(OC)c1)N(C)CC1CCOC1.I. The fourth-order valence-electron chi connectivity index (χ4n) is 3.00. The largest absolute Gasteiger partial charge is 0.493 e. The molecule has 1 aromatic carbocycles. The molecule has 1 fully saturated rings. The normalized spacial score (nSPS) is 16.7. The van der Waals surface area contributed by atoms with Gasteiger partial charge < -0.3 is 29.2 Å². The molecule has 7 nitrogen and oxygen atoms in total. The van der Waals surface area contributed by atoms with Gasteiger partial charge in [0.2, 0.25) is 5.75 Å². The second kappa shape index (κ2) is 11.3. The summed E-state index contributed by atoms with van der Waals surface area (Å²) < 4.78 is 21.6. The number of methoxy groups -OCH3 is 3. The van der Waals surface area contributed by atoms with E-state index in [-0.39, 0.29) is 24.0 Å². The fraction of sp³-hybridized carbons (Fsp3) is 0.611. The molecule has 26 heavy (non-hydrogen) atoms. The summed E-state index contributed by atoms with van der Waals surface area (Å²) in [5.41, 5.74) is 1.02. The van der Waals surface area contributed by atoms with Crippen LogP contribution in [-0.4, -0.2) is 66.0 Å². The first-order chi connectivity index (χ1) is 12.1. The summed E-state index contributed by atoms with van der Waals surface area (Å²) in [5.74, 6) is 3.29. The Balaban J connectivity index is 0.00000338. The molecule has 0 radical (unpaired) electrons. The van der Waals surface area contributed by atoms with Crippen LogP contribution in [0.5, 0.6) is 17.2 Å². The van der Waals surface area contributed by atoms with Gasteiger partial charge in [-0.05, 0) is 24.1 Å². The number of guanidine groups is 1. The third-order valence-corrected chi connectivity index (χ3v) is 4.30. The first-order valence-corrected chi connectivity index (χ1v) is 8.41. The molecule has 1 heterocycles. The van der Waals surface area contributed by atoms with E-state index in [1.807, 2.05) is 19.2 Å². The van der Waals surface area contributed by atoms with Crippen LogP contribution in [-0.2, 0) is 11.3 Å². The second-order valence-corrected chi connectivity index (χ2v) is 6.04. The van der Waals surface area contributed by atoms with Crippen LogP contribution in [0.25, 0.3) is 0 Å². The maximum atomic E-state index is 5.45. The van der Waals surface area contributed by atoms with E-state index >= 15 is 0 Å². The van der Waals surface area contributed by atoms with Crippen molar-refractivity contribution in [1.82, 2.24) is 10.2 Å². The number of benzene rings is 1. The van der Waals surface area contributed by atoms with E-state index in [1.165, 1.54) is 0 Å². The summed E-state index contributed by atoms with van der Waals surface area (Å²) in [5, 5.41) is 3.38. The number of ether oxygens (including phenoxy) is 4. The average molecular weight is 479 g/mol. The molecule has 1 saturated heterocycles. The molecular weight excluding hydrogens is 449 g/mol.